The van der Waals surface area contributed by atoms with E-state index in [-0.39, 0.29) is 0 Å². The van der Waals surface area contributed by atoms with Gasteiger partial charge < -0.3 is 5.32 Å². The summed E-state index contributed by atoms with van der Waals surface area (Å²) in [5, 5.41) is 5.31. The molecule has 0 fully saturated rings. The number of rotatable bonds is 3. The molecule has 1 aliphatic rings. The number of fused-ring (bicyclic) bond motifs is 1. The molecule has 1 nitrogen and oxygen atoms in total. The van der Waals surface area contributed by atoms with Crippen molar-refractivity contribution in [2.75, 3.05) is 0 Å². The van der Waals surface area contributed by atoms with Crippen LogP contribution >= 0.6 is 34.8 Å². The van der Waals surface area contributed by atoms with Crippen molar-refractivity contribution in [2.45, 2.75) is 31.8 Å². The number of halogens is 3. The fourth-order valence-electron chi connectivity index (χ4n) is 2.92. The summed E-state index contributed by atoms with van der Waals surface area (Å²) >= 11 is 18.6. The van der Waals surface area contributed by atoms with Crippen molar-refractivity contribution in [3.05, 3.63) is 68.2 Å². The molecule has 3 rings (SSSR count). The number of benzene rings is 2. The van der Waals surface area contributed by atoms with E-state index in [1.165, 1.54) is 17.5 Å². The van der Waals surface area contributed by atoms with Crippen LogP contribution in [0.5, 0.6) is 0 Å². The lowest BCUT2D eigenvalue weighted by atomic mass is 9.87. The molecule has 0 radical (unpaired) electrons. The Labute approximate surface area is 140 Å². The van der Waals surface area contributed by atoms with Crippen LogP contribution in [0, 0.1) is 0 Å². The molecule has 0 heterocycles. The molecule has 0 spiro atoms. The molecule has 1 atom stereocenters. The van der Waals surface area contributed by atoms with Gasteiger partial charge in [-0.1, -0.05) is 59.1 Å². The van der Waals surface area contributed by atoms with Gasteiger partial charge in [-0.2, -0.15) is 0 Å². The lowest BCUT2D eigenvalue weighted by Crippen LogP contribution is -2.25. The van der Waals surface area contributed by atoms with Crippen LogP contribution in [0.1, 0.15) is 35.6 Å². The zero-order valence-electron chi connectivity index (χ0n) is 11.5. The van der Waals surface area contributed by atoms with E-state index >= 15 is 0 Å². The van der Waals surface area contributed by atoms with E-state index < -0.39 is 0 Å². The monoisotopic (exact) mass is 339 g/mol. The molecular formula is C17H16Cl3N. The van der Waals surface area contributed by atoms with Gasteiger partial charge in [0.2, 0.25) is 0 Å². The number of hydrogen-bond acceptors (Lipinski definition) is 1. The molecule has 2 aromatic carbocycles. The van der Waals surface area contributed by atoms with Gasteiger partial charge in [0.25, 0.3) is 0 Å². The Balaban J connectivity index is 1.79. The Bertz CT molecular complexity index is 654. The van der Waals surface area contributed by atoms with Gasteiger partial charge in [0.15, 0.2) is 0 Å². The van der Waals surface area contributed by atoms with Crippen molar-refractivity contribution in [3.63, 3.8) is 0 Å². The predicted molar refractivity (Wildman–Crippen MR) is 90.4 cm³/mol. The average molecular weight is 341 g/mol. The van der Waals surface area contributed by atoms with E-state index in [4.69, 9.17) is 34.8 Å². The molecule has 0 saturated carbocycles. The highest BCUT2D eigenvalue weighted by Crippen LogP contribution is 2.33. The summed E-state index contributed by atoms with van der Waals surface area (Å²) in [6.45, 7) is 0.622. The summed E-state index contributed by atoms with van der Waals surface area (Å²) in [7, 11) is 0. The van der Waals surface area contributed by atoms with E-state index in [1.807, 2.05) is 0 Å². The van der Waals surface area contributed by atoms with Gasteiger partial charge in [0.1, 0.15) is 0 Å². The van der Waals surface area contributed by atoms with Crippen LogP contribution < -0.4 is 5.32 Å². The van der Waals surface area contributed by atoms with Gasteiger partial charge in [0, 0.05) is 23.2 Å². The van der Waals surface area contributed by atoms with Gasteiger partial charge in [-0.05, 0) is 42.5 Å². The van der Waals surface area contributed by atoms with Gasteiger partial charge in [0.05, 0.1) is 10.0 Å². The highest BCUT2D eigenvalue weighted by atomic mass is 35.5. The van der Waals surface area contributed by atoms with Crippen molar-refractivity contribution >= 4 is 34.8 Å². The molecule has 0 amide bonds. The predicted octanol–water partition coefficient (Wildman–Crippen LogP) is 5.81. The summed E-state index contributed by atoms with van der Waals surface area (Å²) in [5.74, 6) is 0. The van der Waals surface area contributed by atoms with Gasteiger partial charge in [-0.15, -0.1) is 0 Å². The summed E-state index contributed by atoms with van der Waals surface area (Å²) < 4.78 is 0. The van der Waals surface area contributed by atoms with Crippen LogP contribution in [0.15, 0.2) is 36.4 Å². The molecule has 1 aliphatic carbocycles. The van der Waals surface area contributed by atoms with Crippen LogP contribution in [0.3, 0.4) is 0 Å². The van der Waals surface area contributed by atoms with Gasteiger partial charge >= 0.3 is 0 Å². The smallest absolute Gasteiger partial charge is 0.0652 e. The number of nitrogens with one attached hydrogen (secondary N) is 1. The van der Waals surface area contributed by atoms with E-state index in [1.54, 1.807) is 12.1 Å². The third-order valence-corrected chi connectivity index (χ3v) is 5.23. The maximum atomic E-state index is 6.26. The Morgan fingerprint density at radius 3 is 2.62 bits per heavy atom. The fourth-order valence-corrected chi connectivity index (χ4v) is 3.60. The molecule has 2 aromatic rings. The minimum Gasteiger partial charge on any atom is -0.306 e. The van der Waals surface area contributed by atoms with Crippen molar-refractivity contribution < 1.29 is 0 Å². The highest BCUT2D eigenvalue weighted by Gasteiger charge is 2.20. The zero-order chi connectivity index (χ0) is 14.8. The maximum absolute atomic E-state index is 6.26. The van der Waals surface area contributed by atoms with Crippen LogP contribution in [0.4, 0.5) is 0 Å². The normalized spacial score (nSPS) is 17.6. The molecule has 0 aromatic heterocycles. The molecule has 4 heteroatoms. The molecular weight excluding hydrogens is 325 g/mol. The Hall–Kier alpha value is -0.730. The minimum atomic E-state index is 0.348. The number of hydrogen-bond donors (Lipinski definition) is 1. The third kappa shape index (κ3) is 3.22. The third-order valence-electron chi connectivity index (χ3n) is 4.03. The standard InChI is InChI=1S/C17H16Cl3N/c18-14-8-9-15(19)17(20)13(14)10-21-16-7-3-5-11-4-1-2-6-12(11)16/h1-2,4,6,8-9,16,21H,3,5,7,10H2. The summed E-state index contributed by atoms with van der Waals surface area (Å²) in [4.78, 5) is 0. The zero-order valence-corrected chi connectivity index (χ0v) is 13.8. The van der Waals surface area contributed by atoms with Crippen molar-refractivity contribution in [3.8, 4) is 0 Å². The first-order valence-electron chi connectivity index (χ1n) is 7.10. The summed E-state index contributed by atoms with van der Waals surface area (Å²) in [5.41, 5.74) is 3.69. The SMILES string of the molecule is Clc1ccc(Cl)c(CNC2CCCc3ccccc32)c1Cl. The van der Waals surface area contributed by atoms with Crippen molar-refractivity contribution in [2.24, 2.45) is 0 Å². The van der Waals surface area contributed by atoms with Crippen LogP contribution in [-0.2, 0) is 13.0 Å². The molecule has 1 N–H and O–H groups in total. The topological polar surface area (TPSA) is 12.0 Å². The number of aryl methyl sites for hydroxylation is 1. The Morgan fingerprint density at radius 2 is 1.76 bits per heavy atom. The first-order chi connectivity index (χ1) is 10.2. The van der Waals surface area contributed by atoms with Gasteiger partial charge in [-0.3, -0.25) is 0 Å². The van der Waals surface area contributed by atoms with Gasteiger partial charge in [-0.25, -0.2) is 0 Å². The van der Waals surface area contributed by atoms with E-state index in [9.17, 15) is 0 Å². The lowest BCUT2D eigenvalue weighted by molar-refractivity contribution is 0.459. The summed E-state index contributed by atoms with van der Waals surface area (Å²) in [6.07, 6.45) is 3.49. The molecule has 0 bridgehead atoms. The van der Waals surface area contributed by atoms with Crippen LogP contribution in [0.25, 0.3) is 0 Å². The quantitative estimate of drug-likeness (QED) is 0.695. The fraction of sp³-hybridized carbons (Fsp3) is 0.294. The first-order valence-corrected chi connectivity index (χ1v) is 8.24. The molecule has 21 heavy (non-hydrogen) atoms. The largest absolute Gasteiger partial charge is 0.306 e. The first kappa shape index (κ1) is 15.2. The van der Waals surface area contributed by atoms with Crippen molar-refractivity contribution in [1.82, 2.24) is 5.32 Å². The van der Waals surface area contributed by atoms with Crippen LogP contribution in [0.2, 0.25) is 15.1 Å². The van der Waals surface area contributed by atoms with Crippen LogP contribution in [-0.4, -0.2) is 0 Å². The highest BCUT2D eigenvalue weighted by molar-refractivity contribution is 6.44. The second-order valence-corrected chi connectivity index (χ2v) is 6.54. The molecule has 110 valence electrons. The summed E-state index contributed by atoms with van der Waals surface area (Å²) in [6, 6.07) is 12.5. The Morgan fingerprint density at radius 1 is 1.00 bits per heavy atom. The van der Waals surface area contributed by atoms with E-state index in [0.717, 1.165) is 18.4 Å². The van der Waals surface area contributed by atoms with E-state index in [2.05, 4.69) is 29.6 Å². The Kier molecular flexibility index (Phi) is 4.75. The lowest BCUT2D eigenvalue weighted by Gasteiger charge is -2.27. The average Bonchev–Trinajstić information content (AvgIpc) is 2.51. The molecule has 0 saturated heterocycles. The minimum absolute atomic E-state index is 0.348. The molecule has 0 aliphatic heterocycles. The van der Waals surface area contributed by atoms with E-state index in [0.29, 0.717) is 27.7 Å². The maximum Gasteiger partial charge on any atom is 0.0652 e. The second-order valence-electron chi connectivity index (χ2n) is 5.35. The molecule has 1 unspecified atom stereocenters. The van der Waals surface area contributed by atoms with Crippen molar-refractivity contribution in [1.29, 1.82) is 0 Å². The second kappa shape index (κ2) is 6.58.